The summed E-state index contributed by atoms with van der Waals surface area (Å²) in [6, 6.07) is 0. The van der Waals surface area contributed by atoms with Crippen molar-refractivity contribution >= 4 is 9.84 Å². The second kappa shape index (κ2) is 3.92. The molecule has 12 heavy (non-hydrogen) atoms. The van der Waals surface area contributed by atoms with Crippen LogP contribution in [0.25, 0.3) is 0 Å². The van der Waals surface area contributed by atoms with Crippen LogP contribution in [0, 0.1) is 11.8 Å². The number of rotatable bonds is 0. The minimum Gasteiger partial charge on any atom is -0.320 e. The molecule has 0 aromatic heterocycles. The second-order valence-corrected chi connectivity index (χ2v) is 5.18. The van der Waals surface area contributed by atoms with Gasteiger partial charge in [0, 0.05) is 0 Å². The minimum absolute atomic E-state index is 0.242. The largest absolute Gasteiger partial charge is 0.320 e. The molecule has 68 valence electrons. The van der Waals surface area contributed by atoms with Crippen LogP contribution in [0.5, 0.6) is 0 Å². The van der Waals surface area contributed by atoms with Crippen LogP contribution in [0.15, 0.2) is 0 Å². The Morgan fingerprint density at radius 3 is 2.75 bits per heavy atom. The molecule has 1 atom stereocenters. The van der Waals surface area contributed by atoms with Crippen molar-refractivity contribution in [1.29, 1.82) is 0 Å². The van der Waals surface area contributed by atoms with E-state index in [-0.39, 0.29) is 12.3 Å². The Bertz CT molecular complexity index is 297. The molecule has 0 aliphatic carbocycles. The summed E-state index contributed by atoms with van der Waals surface area (Å²) in [5.74, 6) is 5.61. The average Bonchev–Trinajstić information content (AvgIpc) is 2.02. The van der Waals surface area contributed by atoms with Crippen LogP contribution in [-0.2, 0) is 9.84 Å². The van der Waals surface area contributed by atoms with Crippen molar-refractivity contribution in [3.8, 4) is 11.8 Å². The molecular formula is C8H13NO2S. The summed E-state index contributed by atoms with van der Waals surface area (Å²) in [7, 11) is -2.92. The summed E-state index contributed by atoms with van der Waals surface area (Å²) in [5.41, 5.74) is 5.17. The molecule has 0 aromatic carbocycles. The van der Waals surface area contributed by atoms with E-state index >= 15 is 0 Å². The third-order valence-corrected chi connectivity index (χ3v) is 4.02. The Morgan fingerprint density at radius 1 is 1.42 bits per heavy atom. The van der Waals surface area contributed by atoms with E-state index in [1.54, 1.807) is 0 Å². The molecule has 1 fully saturated rings. The smallest absolute Gasteiger partial charge is 0.164 e. The molecule has 0 amide bonds. The van der Waals surface area contributed by atoms with Gasteiger partial charge in [0.1, 0.15) is 5.25 Å². The van der Waals surface area contributed by atoms with Gasteiger partial charge in [-0.05, 0) is 12.8 Å². The molecule has 2 N–H and O–H groups in total. The lowest BCUT2D eigenvalue weighted by atomic mass is 10.2. The standard InChI is InChI=1S/C8H13NO2S/c9-6-3-5-8-4-1-2-7-12(8,10)11/h8H,1-2,4,6-7,9H2. The second-order valence-electron chi connectivity index (χ2n) is 2.88. The summed E-state index contributed by atoms with van der Waals surface area (Å²) in [6.07, 6.45) is 2.42. The normalized spacial score (nSPS) is 27.2. The van der Waals surface area contributed by atoms with Crippen LogP contribution in [0.3, 0.4) is 0 Å². The fraction of sp³-hybridized carbons (Fsp3) is 0.750. The summed E-state index contributed by atoms with van der Waals surface area (Å²) in [6.45, 7) is 0.242. The Balaban J connectivity index is 2.74. The van der Waals surface area contributed by atoms with E-state index in [2.05, 4.69) is 11.8 Å². The van der Waals surface area contributed by atoms with Crippen molar-refractivity contribution < 1.29 is 8.42 Å². The fourth-order valence-electron chi connectivity index (χ4n) is 1.29. The molecule has 0 radical (unpaired) electrons. The molecule has 1 aliphatic heterocycles. The lowest BCUT2D eigenvalue weighted by Crippen LogP contribution is -2.27. The van der Waals surface area contributed by atoms with Crippen LogP contribution < -0.4 is 5.73 Å². The van der Waals surface area contributed by atoms with Crippen molar-refractivity contribution in [1.82, 2.24) is 0 Å². The van der Waals surface area contributed by atoms with Gasteiger partial charge in [0.15, 0.2) is 9.84 Å². The first-order valence-corrected chi connectivity index (χ1v) is 5.78. The fourth-order valence-corrected chi connectivity index (χ4v) is 2.97. The van der Waals surface area contributed by atoms with Gasteiger partial charge in [-0.15, -0.1) is 0 Å². The zero-order chi connectivity index (χ0) is 9.03. The van der Waals surface area contributed by atoms with Crippen LogP contribution in [0.4, 0.5) is 0 Å². The number of hydrogen-bond acceptors (Lipinski definition) is 3. The van der Waals surface area contributed by atoms with E-state index in [0.29, 0.717) is 6.42 Å². The van der Waals surface area contributed by atoms with Crippen molar-refractivity contribution in [3.63, 3.8) is 0 Å². The van der Waals surface area contributed by atoms with E-state index < -0.39 is 15.1 Å². The van der Waals surface area contributed by atoms with Crippen molar-refractivity contribution in [2.24, 2.45) is 5.73 Å². The highest BCUT2D eigenvalue weighted by Crippen LogP contribution is 2.18. The van der Waals surface area contributed by atoms with Crippen LogP contribution in [0.1, 0.15) is 19.3 Å². The molecule has 0 aromatic rings. The van der Waals surface area contributed by atoms with E-state index in [0.717, 1.165) is 12.8 Å². The SMILES string of the molecule is NCC#CC1CCCCS1(=O)=O. The first-order valence-electron chi connectivity index (χ1n) is 4.07. The van der Waals surface area contributed by atoms with Crippen LogP contribution >= 0.6 is 0 Å². The van der Waals surface area contributed by atoms with E-state index in [4.69, 9.17) is 5.73 Å². The van der Waals surface area contributed by atoms with Gasteiger partial charge in [-0.2, -0.15) is 0 Å². The van der Waals surface area contributed by atoms with Gasteiger partial charge < -0.3 is 5.73 Å². The quantitative estimate of drug-likeness (QED) is 0.539. The van der Waals surface area contributed by atoms with Gasteiger partial charge >= 0.3 is 0 Å². The predicted octanol–water partition coefficient (Wildman–Crippen LogP) is -0.0842. The molecule has 1 unspecified atom stereocenters. The van der Waals surface area contributed by atoms with Crippen molar-refractivity contribution in [2.75, 3.05) is 12.3 Å². The van der Waals surface area contributed by atoms with E-state index in [1.807, 2.05) is 0 Å². The number of nitrogens with two attached hydrogens (primary N) is 1. The Kier molecular flexibility index (Phi) is 3.12. The van der Waals surface area contributed by atoms with Gasteiger partial charge in [-0.25, -0.2) is 8.42 Å². The summed E-state index contributed by atoms with van der Waals surface area (Å²) in [5, 5.41) is -0.449. The van der Waals surface area contributed by atoms with Gasteiger partial charge in [0.05, 0.1) is 12.3 Å². The number of sulfone groups is 1. The highest BCUT2D eigenvalue weighted by atomic mass is 32.2. The maximum atomic E-state index is 11.3. The molecule has 1 aliphatic rings. The first kappa shape index (κ1) is 9.56. The summed E-state index contributed by atoms with van der Waals surface area (Å²) >= 11 is 0. The van der Waals surface area contributed by atoms with Crippen LogP contribution in [0.2, 0.25) is 0 Å². The first-order chi connectivity index (χ1) is 5.67. The van der Waals surface area contributed by atoms with Gasteiger partial charge in [0.25, 0.3) is 0 Å². The van der Waals surface area contributed by atoms with Gasteiger partial charge in [-0.1, -0.05) is 18.3 Å². The highest BCUT2D eigenvalue weighted by molar-refractivity contribution is 7.92. The van der Waals surface area contributed by atoms with Crippen LogP contribution in [-0.4, -0.2) is 26.0 Å². The lowest BCUT2D eigenvalue weighted by Gasteiger charge is -2.16. The molecule has 0 saturated carbocycles. The third kappa shape index (κ3) is 2.23. The van der Waals surface area contributed by atoms with Crippen molar-refractivity contribution in [3.05, 3.63) is 0 Å². The Morgan fingerprint density at radius 2 is 2.17 bits per heavy atom. The molecule has 0 bridgehead atoms. The highest BCUT2D eigenvalue weighted by Gasteiger charge is 2.26. The zero-order valence-electron chi connectivity index (χ0n) is 6.91. The average molecular weight is 187 g/mol. The maximum Gasteiger partial charge on any atom is 0.164 e. The minimum atomic E-state index is -2.92. The summed E-state index contributed by atoms with van der Waals surface area (Å²) in [4.78, 5) is 0. The van der Waals surface area contributed by atoms with E-state index in [1.165, 1.54) is 0 Å². The van der Waals surface area contributed by atoms with E-state index in [9.17, 15) is 8.42 Å². The van der Waals surface area contributed by atoms with Gasteiger partial charge in [0.2, 0.25) is 0 Å². The molecule has 3 nitrogen and oxygen atoms in total. The molecule has 1 saturated heterocycles. The Labute approximate surface area is 73.3 Å². The Hall–Kier alpha value is -0.530. The lowest BCUT2D eigenvalue weighted by molar-refractivity contribution is 0.562. The molecular weight excluding hydrogens is 174 g/mol. The monoisotopic (exact) mass is 187 g/mol. The van der Waals surface area contributed by atoms with Crippen molar-refractivity contribution in [2.45, 2.75) is 24.5 Å². The molecule has 1 rings (SSSR count). The molecule has 4 heteroatoms. The summed E-state index contributed by atoms with van der Waals surface area (Å²) < 4.78 is 22.7. The molecule has 1 heterocycles. The topological polar surface area (TPSA) is 60.2 Å². The predicted molar refractivity (Wildman–Crippen MR) is 48.3 cm³/mol. The molecule has 0 spiro atoms. The number of hydrogen-bond donors (Lipinski definition) is 1. The maximum absolute atomic E-state index is 11.3. The van der Waals surface area contributed by atoms with Gasteiger partial charge in [-0.3, -0.25) is 0 Å². The zero-order valence-corrected chi connectivity index (χ0v) is 7.73. The third-order valence-electron chi connectivity index (χ3n) is 1.94.